The van der Waals surface area contributed by atoms with Crippen molar-refractivity contribution in [1.29, 1.82) is 0 Å². The van der Waals surface area contributed by atoms with Crippen LogP contribution in [-0.4, -0.2) is 15.7 Å². The van der Waals surface area contributed by atoms with Crippen molar-refractivity contribution < 1.29 is 26.6 Å². The fourth-order valence-electron chi connectivity index (χ4n) is 1.60. The fraction of sp³-hybridized carbons (Fsp3) is 0.0714. The molecule has 0 amide bonds. The van der Waals surface area contributed by atoms with Crippen molar-refractivity contribution in [3.05, 3.63) is 65.2 Å². The van der Waals surface area contributed by atoms with Crippen LogP contribution in [0.1, 0.15) is 10.4 Å². The van der Waals surface area contributed by atoms with E-state index >= 15 is 0 Å². The maximum Gasteiger partial charge on any atom is 0.175 e. The lowest BCUT2D eigenvalue weighted by Crippen LogP contribution is -2.12. The molecular weight excluding hydrogens is 308 g/mol. The SMILES string of the molecule is O=C(CS(=O)c1cc(F)ccc1F)c1ccc(F)c(F)c1. The van der Waals surface area contributed by atoms with Crippen molar-refractivity contribution >= 4 is 16.6 Å². The maximum atomic E-state index is 13.4. The summed E-state index contributed by atoms with van der Waals surface area (Å²) in [5, 5.41) is 0. The van der Waals surface area contributed by atoms with Crippen LogP contribution in [0.25, 0.3) is 0 Å². The maximum absolute atomic E-state index is 13.4. The number of hydrogen-bond donors (Lipinski definition) is 0. The molecule has 0 bridgehead atoms. The molecule has 0 spiro atoms. The summed E-state index contributed by atoms with van der Waals surface area (Å²) in [6, 6.07) is 4.83. The number of carbonyl (C=O) groups is 1. The zero-order valence-corrected chi connectivity index (χ0v) is 11.2. The fourth-order valence-corrected chi connectivity index (χ4v) is 2.69. The van der Waals surface area contributed by atoms with E-state index < -0.39 is 50.5 Å². The molecule has 0 aliphatic heterocycles. The first-order valence-electron chi connectivity index (χ1n) is 5.70. The first-order valence-corrected chi connectivity index (χ1v) is 7.02. The van der Waals surface area contributed by atoms with E-state index in [9.17, 15) is 26.6 Å². The van der Waals surface area contributed by atoms with Crippen molar-refractivity contribution in [1.82, 2.24) is 0 Å². The molecule has 2 rings (SSSR count). The molecule has 1 atom stereocenters. The van der Waals surface area contributed by atoms with Gasteiger partial charge in [-0.2, -0.15) is 0 Å². The molecule has 0 radical (unpaired) electrons. The van der Waals surface area contributed by atoms with E-state index in [-0.39, 0.29) is 5.56 Å². The van der Waals surface area contributed by atoms with E-state index in [4.69, 9.17) is 0 Å². The number of benzene rings is 2. The van der Waals surface area contributed by atoms with Gasteiger partial charge in [0.1, 0.15) is 11.6 Å². The Hall–Kier alpha value is -2.02. The minimum absolute atomic E-state index is 0.195. The summed E-state index contributed by atoms with van der Waals surface area (Å²) in [4.78, 5) is 11.3. The number of rotatable bonds is 4. The number of Topliss-reactive ketones (excluding diaryl/α,β-unsaturated/α-hetero) is 1. The third-order valence-electron chi connectivity index (χ3n) is 2.64. The van der Waals surface area contributed by atoms with Crippen LogP contribution < -0.4 is 0 Å². The topological polar surface area (TPSA) is 34.1 Å². The Balaban J connectivity index is 2.20. The molecule has 21 heavy (non-hydrogen) atoms. The smallest absolute Gasteiger partial charge is 0.175 e. The largest absolute Gasteiger partial charge is 0.293 e. The highest BCUT2D eigenvalue weighted by Crippen LogP contribution is 2.16. The molecule has 0 aromatic heterocycles. The highest BCUT2D eigenvalue weighted by Gasteiger charge is 2.17. The Kier molecular flexibility index (Phi) is 4.52. The van der Waals surface area contributed by atoms with E-state index in [1.807, 2.05) is 0 Å². The van der Waals surface area contributed by atoms with Gasteiger partial charge in [0.2, 0.25) is 0 Å². The summed E-state index contributed by atoms with van der Waals surface area (Å²) >= 11 is 0. The van der Waals surface area contributed by atoms with Crippen LogP contribution in [0.2, 0.25) is 0 Å². The molecule has 1 unspecified atom stereocenters. The Morgan fingerprint density at radius 3 is 2.24 bits per heavy atom. The second-order valence-corrected chi connectivity index (χ2v) is 5.54. The van der Waals surface area contributed by atoms with E-state index in [0.717, 1.165) is 30.3 Å². The molecule has 0 fully saturated rings. The highest BCUT2D eigenvalue weighted by atomic mass is 32.2. The van der Waals surface area contributed by atoms with Gasteiger partial charge in [0, 0.05) is 5.56 Å². The van der Waals surface area contributed by atoms with Gasteiger partial charge in [-0.3, -0.25) is 9.00 Å². The van der Waals surface area contributed by atoms with Gasteiger partial charge in [0.05, 0.1) is 21.4 Å². The van der Waals surface area contributed by atoms with Gasteiger partial charge in [-0.05, 0) is 36.4 Å². The van der Waals surface area contributed by atoms with Crippen molar-refractivity contribution in [2.24, 2.45) is 0 Å². The van der Waals surface area contributed by atoms with Crippen LogP contribution >= 0.6 is 0 Å². The zero-order valence-electron chi connectivity index (χ0n) is 10.4. The minimum atomic E-state index is -2.13. The summed E-state index contributed by atoms with van der Waals surface area (Å²) in [5.41, 5.74) is -0.195. The minimum Gasteiger partial charge on any atom is -0.293 e. The van der Waals surface area contributed by atoms with Gasteiger partial charge < -0.3 is 0 Å². The van der Waals surface area contributed by atoms with E-state index in [0.29, 0.717) is 6.07 Å². The molecule has 0 saturated heterocycles. The van der Waals surface area contributed by atoms with Gasteiger partial charge in [-0.25, -0.2) is 17.6 Å². The number of carbonyl (C=O) groups excluding carboxylic acids is 1. The molecule has 7 heteroatoms. The first kappa shape index (κ1) is 15.4. The van der Waals surface area contributed by atoms with Gasteiger partial charge in [-0.1, -0.05) is 0 Å². The summed E-state index contributed by atoms with van der Waals surface area (Å²) in [7, 11) is -2.13. The second kappa shape index (κ2) is 6.17. The molecule has 2 aromatic rings. The van der Waals surface area contributed by atoms with Crippen LogP contribution in [0.15, 0.2) is 41.3 Å². The Bertz CT molecular complexity index is 731. The number of ketones is 1. The standard InChI is InChI=1S/C14H8F4O2S/c15-9-2-4-11(17)14(6-9)21(20)7-13(19)8-1-3-10(16)12(18)5-8/h1-6H,7H2. The molecular formula is C14H8F4O2S. The van der Waals surface area contributed by atoms with Gasteiger partial charge >= 0.3 is 0 Å². The van der Waals surface area contributed by atoms with Gasteiger partial charge in [0.15, 0.2) is 17.4 Å². The van der Waals surface area contributed by atoms with Crippen LogP contribution in [0.5, 0.6) is 0 Å². The van der Waals surface area contributed by atoms with Crippen LogP contribution in [0.3, 0.4) is 0 Å². The average Bonchev–Trinajstić information content (AvgIpc) is 2.44. The number of hydrogen-bond acceptors (Lipinski definition) is 2. The van der Waals surface area contributed by atoms with Crippen molar-refractivity contribution in [3.8, 4) is 0 Å². The second-order valence-electron chi connectivity index (χ2n) is 4.12. The third-order valence-corrected chi connectivity index (χ3v) is 3.97. The van der Waals surface area contributed by atoms with Gasteiger partial charge in [0.25, 0.3) is 0 Å². The first-order chi connectivity index (χ1) is 9.88. The lowest BCUT2D eigenvalue weighted by molar-refractivity contribution is 0.102. The van der Waals surface area contributed by atoms with Crippen molar-refractivity contribution in [2.75, 3.05) is 5.75 Å². The Labute approximate surface area is 119 Å². The molecule has 0 aliphatic rings. The summed E-state index contributed by atoms with van der Waals surface area (Å²) in [6.07, 6.45) is 0. The third kappa shape index (κ3) is 3.55. The van der Waals surface area contributed by atoms with E-state index in [2.05, 4.69) is 0 Å². The van der Waals surface area contributed by atoms with Crippen molar-refractivity contribution in [2.45, 2.75) is 4.90 Å². The number of halogens is 4. The summed E-state index contributed by atoms with van der Waals surface area (Å²) in [5.74, 6) is -5.47. The quantitative estimate of drug-likeness (QED) is 0.641. The molecule has 2 aromatic carbocycles. The Morgan fingerprint density at radius 1 is 0.905 bits per heavy atom. The van der Waals surface area contributed by atoms with Crippen LogP contribution in [0.4, 0.5) is 17.6 Å². The lowest BCUT2D eigenvalue weighted by Gasteiger charge is -2.04. The summed E-state index contributed by atoms with van der Waals surface area (Å²) in [6.45, 7) is 0. The lowest BCUT2D eigenvalue weighted by atomic mass is 10.1. The van der Waals surface area contributed by atoms with E-state index in [1.54, 1.807) is 0 Å². The van der Waals surface area contributed by atoms with Crippen molar-refractivity contribution in [3.63, 3.8) is 0 Å². The molecule has 0 saturated carbocycles. The van der Waals surface area contributed by atoms with Crippen LogP contribution in [0, 0.1) is 23.3 Å². The average molecular weight is 316 g/mol. The molecule has 110 valence electrons. The zero-order chi connectivity index (χ0) is 15.6. The van der Waals surface area contributed by atoms with E-state index in [1.165, 1.54) is 0 Å². The molecule has 0 aliphatic carbocycles. The monoisotopic (exact) mass is 316 g/mol. The Morgan fingerprint density at radius 2 is 1.57 bits per heavy atom. The molecule has 2 nitrogen and oxygen atoms in total. The molecule has 0 heterocycles. The molecule has 0 N–H and O–H groups in total. The predicted molar refractivity (Wildman–Crippen MR) is 68.3 cm³/mol. The predicted octanol–water partition coefficient (Wildman–Crippen LogP) is 3.23. The summed E-state index contributed by atoms with van der Waals surface area (Å²) < 4.78 is 64.0. The highest BCUT2D eigenvalue weighted by molar-refractivity contribution is 7.85. The van der Waals surface area contributed by atoms with Crippen LogP contribution in [-0.2, 0) is 10.8 Å². The van der Waals surface area contributed by atoms with Gasteiger partial charge in [-0.15, -0.1) is 0 Å². The normalized spacial score (nSPS) is 12.2.